The minimum absolute atomic E-state index is 0.137. The maximum absolute atomic E-state index is 2.32. The van der Waals surface area contributed by atoms with Crippen molar-refractivity contribution in [2.24, 2.45) is 0 Å². The van der Waals surface area contributed by atoms with Gasteiger partial charge in [-0.05, 0) is 6.92 Å². The number of rotatable bonds is 0. The molecule has 52 valence electrons. The van der Waals surface area contributed by atoms with E-state index in [2.05, 4.69) is 39.4 Å². The molecular formula is C6H11IN2. The second-order valence-corrected chi connectivity index (χ2v) is 4.67. The Morgan fingerprint density at radius 2 is 2.11 bits per heavy atom. The molecule has 3 heteroatoms. The number of nitrogens with zero attached hydrogens (tertiary/aromatic N) is 2. The summed E-state index contributed by atoms with van der Waals surface area (Å²) in [7, 11) is 4.22. The van der Waals surface area contributed by atoms with Gasteiger partial charge in [0.15, 0.2) is 0 Å². The first-order valence-corrected chi connectivity index (χ1v) is 5.02. The quantitative estimate of drug-likeness (QED) is 0.464. The first-order valence-electron chi connectivity index (χ1n) is 2.81. The molecule has 0 unspecified atom stereocenters. The fraction of sp³-hybridized carbons (Fsp3) is 0.500. The van der Waals surface area contributed by atoms with E-state index >= 15 is 0 Å². The highest BCUT2D eigenvalue weighted by atomic mass is 127. The van der Waals surface area contributed by atoms with Gasteiger partial charge in [0.2, 0.25) is 0 Å². The summed E-state index contributed by atoms with van der Waals surface area (Å²) in [5, 5.41) is 0. The van der Waals surface area contributed by atoms with Gasteiger partial charge in [0, 0.05) is 47.0 Å². The van der Waals surface area contributed by atoms with Gasteiger partial charge in [-0.25, -0.2) is 0 Å². The summed E-state index contributed by atoms with van der Waals surface area (Å²) in [5.74, 6) is 0. The van der Waals surface area contributed by atoms with E-state index in [1.165, 1.54) is 5.70 Å². The molecule has 0 atom stereocenters. The van der Waals surface area contributed by atoms with Crippen LogP contribution in [0.4, 0.5) is 0 Å². The Kier molecular flexibility index (Phi) is 2.10. The van der Waals surface area contributed by atoms with E-state index in [1.54, 1.807) is 0 Å². The zero-order valence-corrected chi connectivity index (χ0v) is 8.08. The summed E-state index contributed by atoms with van der Waals surface area (Å²) in [5.41, 5.74) is 1.37. The summed E-state index contributed by atoms with van der Waals surface area (Å²) < 4.78 is 4.57. The Bertz CT molecular complexity index is 162. The van der Waals surface area contributed by atoms with Gasteiger partial charge in [-0.3, -0.25) is 0 Å². The molecule has 9 heavy (non-hydrogen) atoms. The van der Waals surface area contributed by atoms with Crippen LogP contribution in [0.25, 0.3) is 0 Å². The fourth-order valence-corrected chi connectivity index (χ4v) is 2.11. The van der Waals surface area contributed by atoms with Crippen molar-refractivity contribution in [2.45, 2.75) is 6.92 Å². The molecule has 2 nitrogen and oxygen atoms in total. The minimum Gasteiger partial charge on any atom is -0.349 e. The molecule has 0 bridgehead atoms. The van der Waals surface area contributed by atoms with Crippen LogP contribution >= 0.6 is 21.0 Å². The molecule has 0 fully saturated rings. The number of hydrogen-bond donors (Lipinski definition) is 0. The molecule has 0 amide bonds. The van der Waals surface area contributed by atoms with E-state index in [0.717, 1.165) is 0 Å². The van der Waals surface area contributed by atoms with Crippen LogP contribution in [0.15, 0.2) is 11.9 Å². The van der Waals surface area contributed by atoms with Crippen LogP contribution in [0.5, 0.6) is 0 Å². The summed E-state index contributed by atoms with van der Waals surface area (Å²) in [6.45, 7) is 2.14. The fourth-order valence-electron chi connectivity index (χ4n) is 0.614. The first-order chi connectivity index (χ1) is 4.20. The van der Waals surface area contributed by atoms with E-state index in [1.807, 2.05) is 0 Å². The van der Waals surface area contributed by atoms with Crippen molar-refractivity contribution < 1.29 is 0 Å². The van der Waals surface area contributed by atoms with Crippen LogP contribution in [0.2, 0.25) is 0 Å². The molecule has 0 aliphatic carbocycles. The molecule has 0 N–H and O–H groups in total. The lowest BCUT2D eigenvalue weighted by Gasteiger charge is -2.21. The maximum atomic E-state index is 2.32. The molecule has 1 heterocycles. The zero-order chi connectivity index (χ0) is 6.85. The van der Waals surface area contributed by atoms with Gasteiger partial charge in [0.25, 0.3) is 0 Å². The van der Waals surface area contributed by atoms with Gasteiger partial charge in [0.05, 0.1) is 4.14 Å². The van der Waals surface area contributed by atoms with Gasteiger partial charge in [-0.15, -0.1) is 0 Å². The highest BCUT2D eigenvalue weighted by Gasteiger charge is 2.00. The first kappa shape index (κ1) is 7.05. The lowest BCUT2D eigenvalue weighted by atomic mass is 10.5. The number of allylic oxidation sites excluding steroid dienone is 1. The Morgan fingerprint density at radius 1 is 1.44 bits per heavy atom. The van der Waals surface area contributed by atoms with E-state index in [9.17, 15) is 0 Å². The average molecular weight is 238 g/mol. The monoisotopic (exact) mass is 238 g/mol. The van der Waals surface area contributed by atoms with Gasteiger partial charge in [0.1, 0.15) is 0 Å². The third kappa shape index (κ3) is 1.67. The van der Waals surface area contributed by atoms with Crippen LogP contribution in [0, 0.1) is 0 Å². The highest BCUT2D eigenvalue weighted by Crippen LogP contribution is 2.16. The molecule has 0 saturated carbocycles. The summed E-state index contributed by atoms with van der Waals surface area (Å²) in [6.07, 6.45) is 2.14. The standard InChI is InChI=1S/C6H11IN2/c1-6-4-8(2)5-7-9(6)3/h4-5H,1-3H3. The van der Waals surface area contributed by atoms with Crippen LogP contribution in [-0.4, -0.2) is 26.2 Å². The Balaban J connectivity index is 2.70. The smallest absolute Gasteiger partial charge is 0.0533 e. The summed E-state index contributed by atoms with van der Waals surface area (Å²) in [4.78, 5) is 2.14. The van der Waals surface area contributed by atoms with Gasteiger partial charge >= 0.3 is 0 Å². The predicted octanol–water partition coefficient (Wildman–Crippen LogP) is 1.37. The van der Waals surface area contributed by atoms with Crippen molar-refractivity contribution in [3.05, 3.63) is 11.9 Å². The van der Waals surface area contributed by atoms with Crippen molar-refractivity contribution in [1.82, 2.24) is 8.01 Å². The molecule has 0 aromatic rings. The van der Waals surface area contributed by atoms with E-state index < -0.39 is 0 Å². The predicted molar refractivity (Wildman–Crippen MR) is 49.4 cm³/mol. The van der Waals surface area contributed by atoms with Crippen LogP contribution in [0.1, 0.15) is 6.92 Å². The van der Waals surface area contributed by atoms with Crippen LogP contribution < -0.4 is 0 Å². The highest BCUT2D eigenvalue weighted by molar-refractivity contribution is 14.2. The summed E-state index contributed by atoms with van der Waals surface area (Å²) in [6, 6.07) is 0. The zero-order valence-electron chi connectivity index (χ0n) is 5.93. The van der Waals surface area contributed by atoms with Crippen molar-refractivity contribution in [1.29, 1.82) is 0 Å². The molecule has 1 aliphatic heterocycles. The Labute approximate surface area is 66.2 Å². The van der Waals surface area contributed by atoms with Crippen molar-refractivity contribution in [2.75, 3.05) is 14.1 Å². The van der Waals surface area contributed by atoms with Crippen LogP contribution in [0.3, 0.4) is 0 Å². The van der Waals surface area contributed by atoms with Gasteiger partial charge < -0.3 is 8.01 Å². The Morgan fingerprint density at radius 3 is 2.56 bits per heavy atom. The second-order valence-electron chi connectivity index (χ2n) is 2.11. The molecular weight excluding hydrogens is 227 g/mol. The average Bonchev–Trinajstić information content (AvgIpc) is 1.80. The topological polar surface area (TPSA) is 6.48 Å². The lowest BCUT2D eigenvalue weighted by molar-refractivity contribution is 0.655. The molecule has 0 saturated heterocycles. The molecule has 0 spiro atoms. The van der Waals surface area contributed by atoms with Crippen molar-refractivity contribution in [3.63, 3.8) is 0 Å². The molecule has 1 aliphatic rings. The number of hydrogen-bond acceptors (Lipinski definition) is 2. The third-order valence-electron chi connectivity index (χ3n) is 1.22. The molecule has 0 radical (unpaired) electrons. The maximum Gasteiger partial charge on any atom is 0.0533 e. The van der Waals surface area contributed by atoms with Gasteiger partial charge in [-0.1, -0.05) is 0 Å². The molecule has 1 rings (SSSR count). The lowest BCUT2D eigenvalue weighted by Crippen LogP contribution is -2.16. The molecule has 0 aromatic carbocycles. The van der Waals surface area contributed by atoms with E-state index in [4.69, 9.17) is 0 Å². The Hall–Kier alpha value is -0.0600. The minimum atomic E-state index is 0.137. The third-order valence-corrected chi connectivity index (χ3v) is 3.94. The second kappa shape index (κ2) is 2.68. The van der Waals surface area contributed by atoms with Crippen molar-refractivity contribution in [3.8, 4) is 0 Å². The largest absolute Gasteiger partial charge is 0.349 e. The number of halogens is 1. The SMILES string of the molecule is CC1=CN(C)C=IN1C. The normalized spacial score (nSPS) is 19.2. The van der Waals surface area contributed by atoms with Crippen LogP contribution in [-0.2, 0) is 0 Å². The van der Waals surface area contributed by atoms with Crippen molar-refractivity contribution >= 4 is 25.1 Å². The summed E-state index contributed by atoms with van der Waals surface area (Å²) >= 11 is 0.137. The molecule has 0 aromatic heterocycles. The van der Waals surface area contributed by atoms with E-state index in [-0.39, 0.29) is 21.0 Å². The van der Waals surface area contributed by atoms with Gasteiger partial charge in [-0.2, -0.15) is 0 Å². The van der Waals surface area contributed by atoms with E-state index in [0.29, 0.717) is 0 Å².